The first kappa shape index (κ1) is 19.6. The SMILES string of the molecule is COCc1cc(C[C@H]2CNCC[C@@H]2CC(=O)N(C)Cc2ccccc2)no1. The molecule has 1 aliphatic rings. The van der Waals surface area contributed by atoms with Crippen LogP contribution in [-0.4, -0.2) is 43.2 Å². The molecule has 1 amide bonds. The molecule has 0 bridgehead atoms. The molecule has 1 saturated heterocycles. The quantitative estimate of drug-likeness (QED) is 0.773. The summed E-state index contributed by atoms with van der Waals surface area (Å²) in [5, 5.41) is 7.61. The molecule has 146 valence electrons. The third kappa shape index (κ3) is 5.65. The zero-order valence-electron chi connectivity index (χ0n) is 16.2. The van der Waals surface area contributed by atoms with Crippen LogP contribution in [0.4, 0.5) is 0 Å². The number of carbonyl (C=O) groups is 1. The largest absolute Gasteiger partial charge is 0.377 e. The van der Waals surface area contributed by atoms with E-state index in [1.807, 2.05) is 36.2 Å². The highest BCUT2D eigenvalue weighted by molar-refractivity contribution is 5.76. The van der Waals surface area contributed by atoms with Gasteiger partial charge in [-0.05, 0) is 43.3 Å². The maximum Gasteiger partial charge on any atom is 0.222 e. The maximum atomic E-state index is 12.8. The Labute approximate surface area is 160 Å². The van der Waals surface area contributed by atoms with E-state index in [-0.39, 0.29) is 5.91 Å². The van der Waals surface area contributed by atoms with Crippen molar-refractivity contribution in [2.45, 2.75) is 32.4 Å². The van der Waals surface area contributed by atoms with Gasteiger partial charge in [-0.2, -0.15) is 0 Å². The van der Waals surface area contributed by atoms with E-state index in [2.05, 4.69) is 22.6 Å². The molecule has 6 nitrogen and oxygen atoms in total. The Kier molecular flexibility index (Phi) is 7.01. The Morgan fingerprint density at radius 3 is 2.93 bits per heavy atom. The lowest BCUT2D eigenvalue weighted by atomic mass is 9.81. The first-order valence-corrected chi connectivity index (χ1v) is 9.57. The van der Waals surface area contributed by atoms with Gasteiger partial charge in [0.1, 0.15) is 6.61 Å². The normalized spacial score (nSPS) is 19.8. The van der Waals surface area contributed by atoms with Gasteiger partial charge >= 0.3 is 0 Å². The Balaban J connectivity index is 1.56. The van der Waals surface area contributed by atoms with Crippen LogP contribution in [0, 0.1) is 11.8 Å². The summed E-state index contributed by atoms with van der Waals surface area (Å²) in [6, 6.07) is 12.1. The third-order valence-electron chi connectivity index (χ3n) is 5.26. The average molecular weight is 371 g/mol. The maximum absolute atomic E-state index is 12.8. The third-order valence-corrected chi connectivity index (χ3v) is 5.26. The molecule has 0 spiro atoms. The second-order valence-electron chi connectivity index (χ2n) is 7.37. The van der Waals surface area contributed by atoms with Crippen LogP contribution in [0.1, 0.15) is 29.9 Å². The summed E-state index contributed by atoms with van der Waals surface area (Å²) >= 11 is 0. The number of hydrogen-bond acceptors (Lipinski definition) is 5. The van der Waals surface area contributed by atoms with Gasteiger partial charge in [-0.25, -0.2) is 0 Å². The Hall–Kier alpha value is -2.18. The zero-order chi connectivity index (χ0) is 19.1. The summed E-state index contributed by atoms with van der Waals surface area (Å²) in [5.41, 5.74) is 2.09. The number of amides is 1. The molecule has 0 saturated carbocycles. The van der Waals surface area contributed by atoms with E-state index in [0.717, 1.165) is 42.9 Å². The fourth-order valence-electron chi connectivity index (χ4n) is 3.74. The van der Waals surface area contributed by atoms with Crippen molar-refractivity contribution < 1.29 is 14.1 Å². The average Bonchev–Trinajstić information content (AvgIpc) is 3.11. The first-order chi connectivity index (χ1) is 13.2. The fourth-order valence-corrected chi connectivity index (χ4v) is 3.74. The molecule has 3 rings (SSSR count). The van der Waals surface area contributed by atoms with Gasteiger partial charge in [0.2, 0.25) is 5.91 Å². The second kappa shape index (κ2) is 9.67. The van der Waals surface area contributed by atoms with Gasteiger partial charge in [-0.15, -0.1) is 0 Å². The van der Waals surface area contributed by atoms with E-state index in [1.165, 1.54) is 0 Å². The van der Waals surface area contributed by atoms with Crippen molar-refractivity contribution in [3.05, 3.63) is 53.4 Å². The number of methoxy groups -OCH3 is 1. The summed E-state index contributed by atoms with van der Waals surface area (Å²) in [6.45, 7) is 2.96. The van der Waals surface area contributed by atoms with Crippen molar-refractivity contribution in [1.82, 2.24) is 15.4 Å². The predicted molar refractivity (Wildman–Crippen MR) is 103 cm³/mol. The smallest absolute Gasteiger partial charge is 0.222 e. The van der Waals surface area contributed by atoms with Crippen LogP contribution < -0.4 is 5.32 Å². The molecule has 1 aliphatic heterocycles. The molecule has 1 aromatic carbocycles. The standard InChI is InChI=1S/C21H29N3O3/c1-24(14-16-6-4-3-5-7-16)21(25)11-17-8-9-22-13-18(17)10-19-12-20(15-26-2)27-23-19/h3-7,12,17-18,22H,8-11,13-15H2,1-2H3/t17-,18+/m1/s1. The highest BCUT2D eigenvalue weighted by atomic mass is 16.5. The lowest BCUT2D eigenvalue weighted by molar-refractivity contribution is -0.132. The number of nitrogens with one attached hydrogen (secondary N) is 1. The minimum atomic E-state index is 0.205. The van der Waals surface area contributed by atoms with Crippen molar-refractivity contribution in [2.24, 2.45) is 11.8 Å². The molecule has 2 heterocycles. The summed E-state index contributed by atoms with van der Waals surface area (Å²) in [4.78, 5) is 14.6. The van der Waals surface area contributed by atoms with Crippen LogP contribution in [0.15, 0.2) is 40.9 Å². The number of aromatic nitrogens is 1. The van der Waals surface area contributed by atoms with Gasteiger partial charge in [0, 0.05) is 33.2 Å². The minimum Gasteiger partial charge on any atom is -0.377 e. The molecule has 27 heavy (non-hydrogen) atoms. The van der Waals surface area contributed by atoms with Gasteiger partial charge in [0.15, 0.2) is 5.76 Å². The van der Waals surface area contributed by atoms with E-state index in [9.17, 15) is 4.79 Å². The van der Waals surface area contributed by atoms with Crippen molar-refractivity contribution in [3.8, 4) is 0 Å². The highest BCUT2D eigenvalue weighted by Crippen LogP contribution is 2.27. The first-order valence-electron chi connectivity index (χ1n) is 9.57. The van der Waals surface area contributed by atoms with Crippen LogP contribution in [0.2, 0.25) is 0 Å². The van der Waals surface area contributed by atoms with Gasteiger partial charge in [-0.3, -0.25) is 4.79 Å². The molecular formula is C21H29N3O3. The Bertz CT molecular complexity index is 716. The van der Waals surface area contributed by atoms with Gasteiger partial charge in [-0.1, -0.05) is 35.5 Å². The fraction of sp³-hybridized carbons (Fsp3) is 0.524. The summed E-state index contributed by atoms with van der Waals surface area (Å²) in [7, 11) is 3.53. The summed E-state index contributed by atoms with van der Waals surface area (Å²) < 4.78 is 10.4. The van der Waals surface area contributed by atoms with E-state index in [0.29, 0.717) is 31.4 Å². The number of benzene rings is 1. The van der Waals surface area contributed by atoms with Crippen molar-refractivity contribution >= 4 is 5.91 Å². The molecule has 0 unspecified atom stereocenters. The van der Waals surface area contributed by atoms with Gasteiger partial charge in [0.25, 0.3) is 0 Å². The van der Waals surface area contributed by atoms with E-state index >= 15 is 0 Å². The molecule has 0 radical (unpaired) electrons. The molecule has 1 fully saturated rings. The summed E-state index contributed by atoms with van der Waals surface area (Å²) in [5.74, 6) is 1.69. The number of carbonyl (C=O) groups excluding carboxylic acids is 1. The summed E-state index contributed by atoms with van der Waals surface area (Å²) in [6.07, 6.45) is 2.41. The molecule has 1 aromatic heterocycles. The van der Waals surface area contributed by atoms with Crippen molar-refractivity contribution in [1.29, 1.82) is 0 Å². The molecule has 0 aliphatic carbocycles. The van der Waals surface area contributed by atoms with Gasteiger partial charge in [0.05, 0.1) is 5.69 Å². The monoisotopic (exact) mass is 371 g/mol. The molecule has 2 aromatic rings. The molecule has 1 N–H and O–H groups in total. The molecule has 2 atom stereocenters. The van der Waals surface area contributed by atoms with Crippen LogP contribution in [-0.2, 0) is 29.1 Å². The zero-order valence-corrected chi connectivity index (χ0v) is 16.2. The lowest BCUT2D eigenvalue weighted by Gasteiger charge is -2.32. The lowest BCUT2D eigenvalue weighted by Crippen LogP contribution is -2.40. The minimum absolute atomic E-state index is 0.205. The number of piperidine rings is 1. The van der Waals surface area contributed by atoms with E-state index in [1.54, 1.807) is 7.11 Å². The van der Waals surface area contributed by atoms with Crippen LogP contribution in [0.5, 0.6) is 0 Å². The van der Waals surface area contributed by atoms with Crippen molar-refractivity contribution in [2.75, 3.05) is 27.2 Å². The van der Waals surface area contributed by atoms with E-state index < -0.39 is 0 Å². The van der Waals surface area contributed by atoms with E-state index in [4.69, 9.17) is 9.26 Å². The molecular weight excluding hydrogens is 342 g/mol. The van der Waals surface area contributed by atoms with Crippen LogP contribution in [0.25, 0.3) is 0 Å². The second-order valence-corrected chi connectivity index (χ2v) is 7.37. The predicted octanol–water partition coefficient (Wildman–Crippen LogP) is 2.64. The Morgan fingerprint density at radius 1 is 1.33 bits per heavy atom. The van der Waals surface area contributed by atoms with Crippen molar-refractivity contribution in [3.63, 3.8) is 0 Å². The van der Waals surface area contributed by atoms with Crippen LogP contribution >= 0.6 is 0 Å². The number of rotatable bonds is 8. The number of hydrogen-bond donors (Lipinski definition) is 1. The topological polar surface area (TPSA) is 67.6 Å². The Morgan fingerprint density at radius 2 is 2.15 bits per heavy atom. The molecule has 6 heteroatoms. The number of ether oxygens (including phenoxy) is 1. The number of nitrogens with zero attached hydrogens (tertiary/aromatic N) is 2. The van der Waals surface area contributed by atoms with Crippen LogP contribution in [0.3, 0.4) is 0 Å². The van der Waals surface area contributed by atoms with Gasteiger partial charge < -0.3 is 19.5 Å². The highest BCUT2D eigenvalue weighted by Gasteiger charge is 2.29.